The Kier molecular flexibility index (Phi) is 4.93. The number of carboxylic acid groups (broad SMARTS) is 1. The minimum atomic E-state index is -0.917. The van der Waals surface area contributed by atoms with Gasteiger partial charge in [-0.1, -0.05) is 20.3 Å². The molecule has 2 unspecified atom stereocenters. The van der Waals surface area contributed by atoms with E-state index in [1.54, 1.807) is 0 Å². The monoisotopic (exact) mass is 242 g/mol. The van der Waals surface area contributed by atoms with Gasteiger partial charge in [-0.25, -0.2) is 4.79 Å². The van der Waals surface area contributed by atoms with Crippen LogP contribution in [0.3, 0.4) is 0 Å². The number of nitrogens with two attached hydrogens (primary N) is 1. The first-order valence-corrected chi connectivity index (χ1v) is 6.30. The number of aliphatic carboxylic acids is 1. The summed E-state index contributed by atoms with van der Waals surface area (Å²) in [4.78, 5) is 24.6. The molecule has 0 spiro atoms. The SMILES string of the molecule is CCC1CCN(C(=O)[C@@H](N)CC)C(C(=O)O)C1. The molecular weight excluding hydrogens is 220 g/mol. The van der Waals surface area contributed by atoms with Gasteiger partial charge in [0.25, 0.3) is 0 Å². The predicted molar refractivity (Wildman–Crippen MR) is 64.4 cm³/mol. The fraction of sp³-hybridized carbons (Fsp3) is 0.833. The summed E-state index contributed by atoms with van der Waals surface area (Å²) in [6, 6.07) is -1.27. The van der Waals surface area contributed by atoms with Crippen LogP contribution in [-0.4, -0.2) is 40.5 Å². The van der Waals surface area contributed by atoms with Crippen molar-refractivity contribution in [3.8, 4) is 0 Å². The molecule has 5 nitrogen and oxygen atoms in total. The normalized spacial score (nSPS) is 26.6. The number of piperidine rings is 1. The van der Waals surface area contributed by atoms with Gasteiger partial charge in [0.15, 0.2) is 0 Å². The minimum Gasteiger partial charge on any atom is -0.480 e. The summed E-state index contributed by atoms with van der Waals surface area (Å²) in [6.07, 6.45) is 2.93. The fourth-order valence-corrected chi connectivity index (χ4v) is 2.29. The van der Waals surface area contributed by atoms with Crippen LogP contribution in [0.25, 0.3) is 0 Å². The van der Waals surface area contributed by atoms with E-state index in [-0.39, 0.29) is 5.91 Å². The second kappa shape index (κ2) is 6.00. The van der Waals surface area contributed by atoms with E-state index in [1.165, 1.54) is 4.90 Å². The number of hydrogen-bond donors (Lipinski definition) is 2. The van der Waals surface area contributed by atoms with Gasteiger partial charge in [-0.3, -0.25) is 4.79 Å². The molecular formula is C12H22N2O3. The summed E-state index contributed by atoms with van der Waals surface area (Å²) < 4.78 is 0. The van der Waals surface area contributed by atoms with Crippen molar-refractivity contribution in [3.63, 3.8) is 0 Å². The molecule has 0 aromatic carbocycles. The van der Waals surface area contributed by atoms with Crippen LogP contribution < -0.4 is 5.73 Å². The molecule has 1 saturated heterocycles. The Morgan fingerprint density at radius 1 is 1.47 bits per heavy atom. The molecule has 0 radical (unpaired) electrons. The highest BCUT2D eigenvalue weighted by Gasteiger charge is 2.36. The van der Waals surface area contributed by atoms with Crippen LogP contribution >= 0.6 is 0 Å². The lowest BCUT2D eigenvalue weighted by Gasteiger charge is -2.38. The fourth-order valence-electron chi connectivity index (χ4n) is 2.29. The number of hydrogen-bond acceptors (Lipinski definition) is 3. The standard InChI is InChI=1S/C12H22N2O3/c1-3-8-5-6-14(10(7-8)12(16)17)11(15)9(13)4-2/h8-10H,3-7,13H2,1-2H3,(H,16,17)/t8?,9-,10?/m0/s1. The first-order valence-electron chi connectivity index (χ1n) is 6.30. The summed E-state index contributed by atoms with van der Waals surface area (Å²) in [5.74, 6) is -0.743. The van der Waals surface area contributed by atoms with Gasteiger partial charge in [-0.2, -0.15) is 0 Å². The quantitative estimate of drug-likeness (QED) is 0.764. The Labute approximate surface area is 102 Å². The molecule has 0 aliphatic carbocycles. The number of likely N-dealkylation sites (tertiary alicyclic amines) is 1. The molecule has 5 heteroatoms. The highest BCUT2D eigenvalue weighted by atomic mass is 16.4. The van der Waals surface area contributed by atoms with Crippen LogP contribution in [-0.2, 0) is 9.59 Å². The summed E-state index contributed by atoms with van der Waals surface area (Å²) >= 11 is 0. The van der Waals surface area contributed by atoms with Gasteiger partial charge >= 0.3 is 5.97 Å². The van der Waals surface area contributed by atoms with E-state index in [0.29, 0.717) is 25.3 Å². The Hall–Kier alpha value is -1.10. The summed E-state index contributed by atoms with van der Waals surface area (Å²) in [6.45, 7) is 4.40. The van der Waals surface area contributed by atoms with Crippen molar-refractivity contribution in [2.24, 2.45) is 11.7 Å². The lowest BCUT2D eigenvalue weighted by atomic mass is 9.88. The maximum Gasteiger partial charge on any atom is 0.326 e. The Morgan fingerprint density at radius 2 is 2.12 bits per heavy atom. The molecule has 17 heavy (non-hydrogen) atoms. The van der Waals surface area contributed by atoms with Gasteiger partial charge in [0.2, 0.25) is 5.91 Å². The van der Waals surface area contributed by atoms with E-state index >= 15 is 0 Å². The van der Waals surface area contributed by atoms with Crippen LogP contribution in [0.15, 0.2) is 0 Å². The topological polar surface area (TPSA) is 83.6 Å². The highest BCUT2D eigenvalue weighted by Crippen LogP contribution is 2.26. The van der Waals surface area contributed by atoms with E-state index < -0.39 is 18.1 Å². The van der Waals surface area contributed by atoms with E-state index in [2.05, 4.69) is 6.92 Å². The van der Waals surface area contributed by atoms with Crippen molar-refractivity contribution in [2.45, 2.75) is 51.6 Å². The van der Waals surface area contributed by atoms with Crippen LogP contribution in [0.4, 0.5) is 0 Å². The maximum atomic E-state index is 12.0. The third-order valence-corrected chi connectivity index (χ3v) is 3.61. The van der Waals surface area contributed by atoms with Crippen molar-refractivity contribution in [3.05, 3.63) is 0 Å². The molecule has 1 rings (SSSR count). The molecule has 0 aromatic rings. The summed E-state index contributed by atoms with van der Waals surface area (Å²) in [5, 5.41) is 9.19. The average Bonchev–Trinajstić information content (AvgIpc) is 2.35. The molecule has 3 N–H and O–H groups in total. The zero-order valence-electron chi connectivity index (χ0n) is 10.6. The van der Waals surface area contributed by atoms with Crippen molar-refractivity contribution in [2.75, 3.05) is 6.54 Å². The van der Waals surface area contributed by atoms with Crippen LogP contribution in [0.2, 0.25) is 0 Å². The predicted octanol–water partition coefficient (Wildman–Crippen LogP) is 0.825. The number of nitrogens with zero attached hydrogens (tertiary/aromatic N) is 1. The first kappa shape index (κ1) is 14.0. The number of rotatable bonds is 4. The molecule has 1 fully saturated rings. The van der Waals surface area contributed by atoms with Gasteiger partial charge in [0, 0.05) is 6.54 Å². The third-order valence-electron chi connectivity index (χ3n) is 3.61. The van der Waals surface area contributed by atoms with Gasteiger partial charge < -0.3 is 15.7 Å². The Bertz CT molecular complexity index is 293. The Balaban J connectivity index is 2.76. The van der Waals surface area contributed by atoms with Crippen LogP contribution in [0.1, 0.15) is 39.5 Å². The third kappa shape index (κ3) is 3.19. The molecule has 98 valence electrons. The largest absolute Gasteiger partial charge is 0.480 e. The number of carboxylic acids is 1. The maximum absolute atomic E-state index is 12.0. The van der Waals surface area contributed by atoms with E-state index in [4.69, 9.17) is 5.73 Å². The smallest absolute Gasteiger partial charge is 0.326 e. The highest BCUT2D eigenvalue weighted by molar-refractivity contribution is 5.87. The number of amides is 1. The number of carbonyl (C=O) groups excluding carboxylic acids is 1. The van der Waals surface area contributed by atoms with Crippen molar-refractivity contribution < 1.29 is 14.7 Å². The van der Waals surface area contributed by atoms with Crippen molar-refractivity contribution >= 4 is 11.9 Å². The zero-order chi connectivity index (χ0) is 13.0. The molecule has 1 amide bonds. The molecule has 0 aromatic heterocycles. The van der Waals surface area contributed by atoms with Gasteiger partial charge in [-0.15, -0.1) is 0 Å². The van der Waals surface area contributed by atoms with Gasteiger partial charge in [0.05, 0.1) is 6.04 Å². The molecule has 1 aliphatic heterocycles. The second-order valence-electron chi connectivity index (χ2n) is 4.70. The molecule has 3 atom stereocenters. The van der Waals surface area contributed by atoms with E-state index in [1.807, 2.05) is 6.92 Å². The lowest BCUT2D eigenvalue weighted by Crippen LogP contribution is -2.54. The average molecular weight is 242 g/mol. The second-order valence-corrected chi connectivity index (χ2v) is 4.70. The van der Waals surface area contributed by atoms with E-state index in [9.17, 15) is 14.7 Å². The molecule has 0 saturated carbocycles. The molecule has 1 aliphatic rings. The van der Waals surface area contributed by atoms with Crippen LogP contribution in [0, 0.1) is 5.92 Å². The van der Waals surface area contributed by atoms with Gasteiger partial charge in [0.1, 0.15) is 6.04 Å². The Morgan fingerprint density at radius 3 is 2.59 bits per heavy atom. The summed E-state index contributed by atoms with van der Waals surface area (Å²) in [5.41, 5.74) is 5.69. The minimum absolute atomic E-state index is 0.227. The van der Waals surface area contributed by atoms with E-state index in [0.717, 1.165) is 12.8 Å². The van der Waals surface area contributed by atoms with Crippen LogP contribution in [0.5, 0.6) is 0 Å². The van der Waals surface area contributed by atoms with Crippen molar-refractivity contribution in [1.29, 1.82) is 0 Å². The first-order chi connectivity index (χ1) is 8.01. The molecule has 0 bridgehead atoms. The lowest BCUT2D eigenvalue weighted by molar-refractivity contribution is -0.153. The van der Waals surface area contributed by atoms with Gasteiger partial charge in [-0.05, 0) is 25.2 Å². The summed E-state index contributed by atoms with van der Waals surface area (Å²) in [7, 11) is 0. The molecule has 1 heterocycles. The number of carbonyl (C=O) groups is 2. The zero-order valence-corrected chi connectivity index (χ0v) is 10.6. The van der Waals surface area contributed by atoms with Crippen molar-refractivity contribution in [1.82, 2.24) is 4.90 Å².